The minimum absolute atomic E-state index is 0.184. The minimum Gasteiger partial charge on any atom is -0.506 e. The first-order chi connectivity index (χ1) is 13.6. The number of Topliss-reactive ketones (excluding diaryl/α,β-unsaturated/α-hetero) is 1. The number of rotatable bonds is 5. The number of carbonyl (C=O) groups is 2. The van der Waals surface area contributed by atoms with E-state index in [0.29, 0.717) is 0 Å². The Kier molecular flexibility index (Phi) is 2.48. The van der Waals surface area contributed by atoms with Crippen LogP contribution in [0.2, 0.25) is 5.02 Å². The van der Waals surface area contributed by atoms with Crippen LogP contribution < -0.4 is 0 Å². The van der Waals surface area contributed by atoms with Crippen LogP contribution in [0.1, 0.15) is 39.8 Å². The zero-order valence-electron chi connectivity index (χ0n) is 18.9. The molecule has 0 spiro atoms. The predicted octanol–water partition coefficient (Wildman–Crippen LogP) is 3.46. The zero-order valence-corrected chi connectivity index (χ0v) is 11.7. The summed E-state index contributed by atoms with van der Waals surface area (Å²) in [4.78, 5) is 26.7. The van der Waals surface area contributed by atoms with Crippen LogP contribution in [-0.4, -0.2) is 26.9 Å². The molecule has 2 rings (SSSR count). The average Bonchev–Trinajstić information content (AvgIpc) is 2.60. The van der Waals surface area contributed by atoms with Crippen LogP contribution in [0.3, 0.4) is 0 Å². The highest BCUT2D eigenvalue weighted by Crippen LogP contribution is 2.29. The molecule has 0 saturated heterocycles. The molecule has 2 N–H and O–H groups in total. The number of benzene rings is 1. The van der Waals surface area contributed by atoms with E-state index in [1.807, 2.05) is 0 Å². The molecule has 5 nitrogen and oxygen atoms in total. The molecule has 22 heavy (non-hydrogen) atoms. The second-order valence-electron chi connectivity index (χ2n) is 4.11. The van der Waals surface area contributed by atoms with Gasteiger partial charge in [-0.15, -0.1) is 0 Å². The molecule has 114 valence electrons. The van der Waals surface area contributed by atoms with Crippen molar-refractivity contribution < 1.29 is 30.8 Å². The third-order valence-electron chi connectivity index (χ3n) is 2.60. The minimum atomic E-state index is -2.91. The lowest BCUT2D eigenvalue weighted by atomic mass is 10.0. The number of carboxylic acid groups (broad SMARTS) is 1. The SMILES string of the molecule is [2H]c1c([2H])c(C([2H])([2H])[2H])c(-c2cnc(C(=O)CC([2H])([2H])C(=O)O)c(O)c2)c([2H])c1Cl. The fourth-order valence-electron chi connectivity index (χ4n) is 1.64. The van der Waals surface area contributed by atoms with Gasteiger partial charge in [0.1, 0.15) is 11.4 Å². The maximum Gasteiger partial charge on any atom is 0.303 e. The largest absolute Gasteiger partial charge is 0.506 e. The monoisotopic (exact) mass is 327 g/mol. The maximum atomic E-state index is 12.2. The molecule has 0 aliphatic rings. The van der Waals surface area contributed by atoms with Crippen molar-refractivity contribution in [1.29, 1.82) is 0 Å². The van der Waals surface area contributed by atoms with E-state index in [0.717, 1.165) is 12.3 Å². The van der Waals surface area contributed by atoms with E-state index in [9.17, 15) is 14.7 Å². The van der Waals surface area contributed by atoms with Crippen molar-refractivity contribution in [3.63, 3.8) is 0 Å². The first kappa shape index (κ1) is 8.29. The molecular formula is C16H14ClNO4. The Balaban J connectivity index is 2.65. The molecule has 0 aliphatic carbocycles. The van der Waals surface area contributed by atoms with Gasteiger partial charge >= 0.3 is 5.97 Å². The Morgan fingerprint density at radius 1 is 1.50 bits per heavy atom. The number of hydrogen-bond donors (Lipinski definition) is 2. The van der Waals surface area contributed by atoms with Crippen molar-refractivity contribution in [3.05, 3.63) is 46.7 Å². The van der Waals surface area contributed by atoms with E-state index in [2.05, 4.69) is 4.98 Å². The van der Waals surface area contributed by atoms with Gasteiger partial charge in [-0.2, -0.15) is 0 Å². The Hall–Kier alpha value is -2.40. The summed E-state index contributed by atoms with van der Waals surface area (Å²) in [6.07, 6.45) is -3.10. The second kappa shape index (κ2) is 6.58. The van der Waals surface area contributed by atoms with Crippen LogP contribution in [0, 0.1) is 6.85 Å². The Morgan fingerprint density at radius 3 is 2.91 bits per heavy atom. The Labute approximate surface area is 143 Å². The highest BCUT2D eigenvalue weighted by Gasteiger charge is 2.16. The molecule has 1 aromatic heterocycles. The van der Waals surface area contributed by atoms with Crippen molar-refractivity contribution in [2.24, 2.45) is 0 Å². The fraction of sp³-hybridized carbons (Fsp3) is 0.188. The van der Waals surface area contributed by atoms with Crippen LogP contribution in [0.5, 0.6) is 5.75 Å². The molecule has 2 aromatic rings. The number of carboxylic acids is 1. The standard InChI is InChI=1S/C16H14ClNO4/c1-9-2-3-11(17)7-12(9)10-6-14(20)16(18-8-10)13(19)4-5-15(21)22/h2-3,6-8,20H,4-5H2,1H3,(H,21,22)/i1D3,2D,3D,5D2,7D. The van der Waals surface area contributed by atoms with E-state index < -0.39 is 71.6 Å². The summed E-state index contributed by atoms with van der Waals surface area (Å²) in [7, 11) is 0. The van der Waals surface area contributed by atoms with Crippen molar-refractivity contribution in [2.45, 2.75) is 19.6 Å². The summed E-state index contributed by atoms with van der Waals surface area (Å²) < 4.78 is 61.3. The third kappa shape index (κ3) is 3.62. The molecule has 0 amide bonds. The predicted molar refractivity (Wildman–Crippen MR) is 82.3 cm³/mol. The highest BCUT2D eigenvalue weighted by atomic mass is 35.5. The van der Waals surface area contributed by atoms with Gasteiger partial charge in [-0.1, -0.05) is 17.6 Å². The number of ketones is 1. The number of halogens is 1. The molecular weight excluding hydrogens is 306 g/mol. The molecule has 0 saturated carbocycles. The van der Waals surface area contributed by atoms with E-state index in [4.69, 9.17) is 27.7 Å². The van der Waals surface area contributed by atoms with Crippen LogP contribution in [0.4, 0.5) is 0 Å². The highest BCUT2D eigenvalue weighted by molar-refractivity contribution is 6.30. The molecule has 1 aromatic carbocycles. The van der Waals surface area contributed by atoms with Gasteiger partial charge in [-0.3, -0.25) is 9.59 Å². The summed E-state index contributed by atoms with van der Waals surface area (Å²) >= 11 is 5.87. The van der Waals surface area contributed by atoms with Gasteiger partial charge in [0.05, 0.1) is 10.5 Å². The van der Waals surface area contributed by atoms with Gasteiger partial charge in [0.25, 0.3) is 0 Å². The molecule has 0 radical (unpaired) electrons. The quantitative estimate of drug-likeness (QED) is 0.821. The Morgan fingerprint density at radius 2 is 2.27 bits per heavy atom. The summed E-state index contributed by atoms with van der Waals surface area (Å²) in [6, 6.07) is -1.11. The van der Waals surface area contributed by atoms with Crippen LogP contribution >= 0.6 is 11.6 Å². The van der Waals surface area contributed by atoms with Crippen molar-refractivity contribution in [3.8, 4) is 16.9 Å². The van der Waals surface area contributed by atoms with Gasteiger partial charge < -0.3 is 10.2 Å². The second-order valence-corrected chi connectivity index (χ2v) is 4.49. The van der Waals surface area contributed by atoms with Crippen molar-refractivity contribution in [1.82, 2.24) is 4.98 Å². The summed E-state index contributed by atoms with van der Waals surface area (Å²) in [6.45, 7) is -2.91. The first-order valence-corrected chi connectivity index (χ1v) is 6.23. The fourth-order valence-corrected chi connectivity index (χ4v) is 1.79. The molecule has 6 heteroatoms. The van der Waals surface area contributed by atoms with Gasteiger partial charge in [0.15, 0.2) is 5.78 Å². The summed E-state index contributed by atoms with van der Waals surface area (Å²) in [5.41, 5.74) is -1.88. The number of hydrogen-bond acceptors (Lipinski definition) is 4. The zero-order chi connectivity index (χ0) is 23.2. The van der Waals surface area contributed by atoms with Crippen LogP contribution in [0.15, 0.2) is 30.4 Å². The smallest absolute Gasteiger partial charge is 0.303 e. The molecule has 0 bridgehead atoms. The van der Waals surface area contributed by atoms with E-state index >= 15 is 0 Å². The number of carbonyl (C=O) groups excluding carboxylic acids is 1. The average molecular weight is 328 g/mol. The van der Waals surface area contributed by atoms with Gasteiger partial charge in [-0.05, 0) is 36.1 Å². The maximum absolute atomic E-state index is 12.2. The van der Waals surface area contributed by atoms with Crippen molar-refractivity contribution in [2.75, 3.05) is 0 Å². The molecule has 0 aliphatic heterocycles. The summed E-state index contributed by atoms with van der Waals surface area (Å²) in [5.74, 6) is -3.80. The number of aromatic nitrogens is 1. The number of nitrogens with zero attached hydrogens (tertiary/aromatic N) is 1. The van der Waals surface area contributed by atoms with E-state index in [1.165, 1.54) is 0 Å². The third-order valence-corrected chi connectivity index (χ3v) is 2.79. The first-order valence-electron chi connectivity index (χ1n) is 9.85. The van der Waals surface area contributed by atoms with E-state index in [-0.39, 0.29) is 11.1 Å². The number of aliphatic carboxylic acids is 1. The molecule has 0 atom stereocenters. The van der Waals surface area contributed by atoms with Crippen LogP contribution in [-0.2, 0) is 4.79 Å². The summed E-state index contributed by atoms with van der Waals surface area (Å²) in [5, 5.41) is 18.5. The lowest BCUT2D eigenvalue weighted by Crippen LogP contribution is -2.06. The normalized spacial score (nSPS) is 17.0. The Bertz CT molecular complexity index is 1050. The molecule has 0 unspecified atom stereocenters. The van der Waals surface area contributed by atoms with Crippen molar-refractivity contribution >= 4 is 23.4 Å². The molecule has 0 fully saturated rings. The lowest BCUT2D eigenvalue weighted by molar-refractivity contribution is -0.136. The van der Waals surface area contributed by atoms with Gasteiger partial charge in [-0.25, -0.2) is 4.98 Å². The van der Waals surface area contributed by atoms with Crippen LogP contribution in [0.25, 0.3) is 11.1 Å². The van der Waals surface area contributed by atoms with Gasteiger partial charge in [0, 0.05) is 30.1 Å². The number of aromatic hydroxyl groups is 1. The van der Waals surface area contributed by atoms with E-state index in [1.54, 1.807) is 0 Å². The van der Waals surface area contributed by atoms with Gasteiger partial charge in [0.2, 0.25) is 0 Å². The lowest BCUT2D eigenvalue weighted by Gasteiger charge is -2.09. The topological polar surface area (TPSA) is 87.5 Å². The number of pyridine rings is 1. The molecule has 1 heterocycles.